The molecule has 0 spiro atoms. The first-order chi connectivity index (χ1) is 9.26. The number of unbranched alkanes of at least 4 members (excludes halogenated alkanes) is 2. The number of rotatable bonds is 9. The third-order valence-electron chi connectivity index (χ3n) is 3.10. The second kappa shape index (κ2) is 9.37. The number of esters is 1. The van der Waals surface area contributed by atoms with Gasteiger partial charge in [0.25, 0.3) is 0 Å². The lowest BCUT2D eigenvalue weighted by Crippen LogP contribution is -2.16. The molecule has 0 aliphatic carbocycles. The van der Waals surface area contributed by atoms with Crippen LogP contribution in [0.15, 0.2) is 43.0 Å². The Kier molecular flexibility index (Phi) is 7.64. The molecule has 2 nitrogen and oxygen atoms in total. The smallest absolute Gasteiger partial charge is 0.306 e. The van der Waals surface area contributed by atoms with Crippen LogP contribution < -0.4 is 0 Å². The first-order valence-electron chi connectivity index (χ1n) is 7.12. The Bertz CT molecular complexity index is 370. The van der Waals surface area contributed by atoms with E-state index >= 15 is 0 Å². The molecular weight excluding hydrogens is 236 g/mol. The fourth-order valence-corrected chi connectivity index (χ4v) is 1.94. The zero-order valence-electron chi connectivity index (χ0n) is 11.8. The van der Waals surface area contributed by atoms with E-state index in [0.29, 0.717) is 6.42 Å². The summed E-state index contributed by atoms with van der Waals surface area (Å²) in [5.41, 5.74) is 1.17. The van der Waals surface area contributed by atoms with Gasteiger partial charge >= 0.3 is 5.97 Å². The maximum Gasteiger partial charge on any atom is 0.306 e. The van der Waals surface area contributed by atoms with Crippen molar-refractivity contribution in [1.82, 2.24) is 0 Å². The number of aryl methyl sites for hydroxylation is 1. The average Bonchev–Trinajstić information content (AvgIpc) is 2.45. The molecule has 0 aromatic heterocycles. The molecule has 1 aromatic rings. The van der Waals surface area contributed by atoms with Gasteiger partial charge in [0.2, 0.25) is 0 Å². The maximum absolute atomic E-state index is 11.7. The number of ether oxygens (including phenoxy) is 1. The molecular formula is C17H24O2. The van der Waals surface area contributed by atoms with Gasteiger partial charge < -0.3 is 4.74 Å². The van der Waals surface area contributed by atoms with E-state index in [1.54, 1.807) is 6.08 Å². The van der Waals surface area contributed by atoms with Crippen LogP contribution in [0.5, 0.6) is 0 Å². The third-order valence-corrected chi connectivity index (χ3v) is 3.10. The summed E-state index contributed by atoms with van der Waals surface area (Å²) in [5.74, 6) is -0.134. The minimum Gasteiger partial charge on any atom is -0.458 e. The van der Waals surface area contributed by atoms with Crippen LogP contribution in [0, 0.1) is 0 Å². The van der Waals surface area contributed by atoms with Gasteiger partial charge in [-0.1, -0.05) is 62.8 Å². The molecule has 1 unspecified atom stereocenters. The van der Waals surface area contributed by atoms with Crippen LogP contribution in [0.2, 0.25) is 0 Å². The van der Waals surface area contributed by atoms with Crippen molar-refractivity contribution >= 4 is 5.97 Å². The second-order valence-corrected chi connectivity index (χ2v) is 4.75. The monoisotopic (exact) mass is 260 g/mol. The molecule has 0 radical (unpaired) electrons. The maximum atomic E-state index is 11.7. The Morgan fingerprint density at radius 2 is 2.05 bits per heavy atom. The number of benzene rings is 1. The zero-order chi connectivity index (χ0) is 13.9. The molecule has 0 aliphatic heterocycles. The van der Waals surface area contributed by atoms with Crippen molar-refractivity contribution in [2.45, 2.75) is 51.6 Å². The molecule has 19 heavy (non-hydrogen) atoms. The fourth-order valence-electron chi connectivity index (χ4n) is 1.94. The van der Waals surface area contributed by atoms with E-state index < -0.39 is 0 Å². The Labute approximate surface area is 116 Å². The summed E-state index contributed by atoms with van der Waals surface area (Å²) in [4.78, 5) is 11.7. The van der Waals surface area contributed by atoms with Crippen LogP contribution in [-0.4, -0.2) is 12.1 Å². The van der Waals surface area contributed by atoms with Gasteiger partial charge in [-0.2, -0.15) is 0 Å². The Hall–Kier alpha value is -1.57. The number of hydrogen-bond acceptors (Lipinski definition) is 2. The van der Waals surface area contributed by atoms with Gasteiger partial charge in [0.15, 0.2) is 0 Å². The molecule has 1 rings (SSSR count). The molecule has 0 saturated carbocycles. The normalized spacial score (nSPS) is 11.8. The summed E-state index contributed by atoms with van der Waals surface area (Å²) < 4.78 is 5.41. The lowest BCUT2D eigenvalue weighted by molar-refractivity contribution is -0.147. The van der Waals surface area contributed by atoms with Crippen LogP contribution in [0.4, 0.5) is 0 Å². The molecule has 0 bridgehead atoms. The Balaban J connectivity index is 2.27. The highest BCUT2D eigenvalue weighted by Crippen LogP contribution is 2.10. The molecule has 1 atom stereocenters. The summed E-state index contributed by atoms with van der Waals surface area (Å²) in [5, 5.41) is 0. The van der Waals surface area contributed by atoms with Gasteiger partial charge in [0, 0.05) is 6.42 Å². The second-order valence-electron chi connectivity index (χ2n) is 4.75. The number of hydrogen-bond donors (Lipinski definition) is 0. The fraction of sp³-hybridized carbons (Fsp3) is 0.471. The van der Waals surface area contributed by atoms with Gasteiger partial charge in [-0.15, -0.1) is 0 Å². The van der Waals surface area contributed by atoms with Crippen molar-refractivity contribution in [3.05, 3.63) is 48.6 Å². The van der Waals surface area contributed by atoms with E-state index in [9.17, 15) is 4.79 Å². The van der Waals surface area contributed by atoms with E-state index in [0.717, 1.165) is 19.3 Å². The van der Waals surface area contributed by atoms with Crippen LogP contribution in [0.3, 0.4) is 0 Å². The van der Waals surface area contributed by atoms with E-state index in [4.69, 9.17) is 4.74 Å². The van der Waals surface area contributed by atoms with Crippen molar-refractivity contribution in [3.8, 4) is 0 Å². The molecule has 104 valence electrons. The molecule has 0 amide bonds. The highest BCUT2D eigenvalue weighted by Gasteiger charge is 2.10. The standard InChI is InChI=1S/C17H24O2/c1-3-5-7-12-16(4-2)19-17(18)14-13-15-10-8-6-9-11-15/h4,6,8-11,16H,2-3,5,7,12-14H2,1H3. The average molecular weight is 260 g/mol. The van der Waals surface area contributed by atoms with Gasteiger partial charge in [-0.25, -0.2) is 0 Å². The zero-order valence-corrected chi connectivity index (χ0v) is 11.8. The minimum atomic E-state index is -0.134. The van der Waals surface area contributed by atoms with E-state index in [1.807, 2.05) is 30.3 Å². The Morgan fingerprint density at radius 3 is 2.68 bits per heavy atom. The third kappa shape index (κ3) is 6.80. The van der Waals surface area contributed by atoms with Crippen molar-refractivity contribution in [1.29, 1.82) is 0 Å². The van der Waals surface area contributed by atoms with E-state index in [-0.39, 0.29) is 12.1 Å². The lowest BCUT2D eigenvalue weighted by atomic mass is 10.1. The largest absolute Gasteiger partial charge is 0.458 e. The molecule has 2 heteroatoms. The minimum absolute atomic E-state index is 0.130. The predicted molar refractivity (Wildman–Crippen MR) is 79.0 cm³/mol. The van der Waals surface area contributed by atoms with Crippen molar-refractivity contribution < 1.29 is 9.53 Å². The summed E-state index contributed by atoms with van der Waals surface area (Å²) >= 11 is 0. The molecule has 0 heterocycles. The van der Waals surface area contributed by atoms with Crippen molar-refractivity contribution in [2.24, 2.45) is 0 Å². The van der Waals surface area contributed by atoms with Crippen LogP contribution >= 0.6 is 0 Å². The summed E-state index contributed by atoms with van der Waals surface area (Å²) in [6, 6.07) is 10.00. The number of carbonyl (C=O) groups is 1. The number of carbonyl (C=O) groups excluding carboxylic acids is 1. The van der Waals surface area contributed by atoms with Crippen molar-refractivity contribution in [3.63, 3.8) is 0 Å². The van der Waals surface area contributed by atoms with Crippen LogP contribution in [0.1, 0.15) is 44.6 Å². The van der Waals surface area contributed by atoms with Gasteiger partial charge in [0.1, 0.15) is 6.10 Å². The van der Waals surface area contributed by atoms with Crippen molar-refractivity contribution in [2.75, 3.05) is 0 Å². The first-order valence-corrected chi connectivity index (χ1v) is 7.12. The van der Waals surface area contributed by atoms with Gasteiger partial charge in [-0.3, -0.25) is 4.79 Å². The van der Waals surface area contributed by atoms with Gasteiger partial charge in [0.05, 0.1) is 0 Å². The molecule has 0 aliphatic rings. The molecule has 1 aromatic carbocycles. The highest BCUT2D eigenvalue weighted by molar-refractivity contribution is 5.70. The summed E-state index contributed by atoms with van der Waals surface area (Å²) in [7, 11) is 0. The predicted octanol–water partition coefficient (Wildman–Crippen LogP) is 4.30. The quantitative estimate of drug-likeness (QED) is 0.376. The van der Waals surface area contributed by atoms with E-state index in [2.05, 4.69) is 13.5 Å². The highest BCUT2D eigenvalue weighted by atomic mass is 16.5. The SMILES string of the molecule is C=CC(CCCCC)OC(=O)CCc1ccccc1. The summed E-state index contributed by atoms with van der Waals surface area (Å²) in [6.45, 7) is 5.90. The topological polar surface area (TPSA) is 26.3 Å². The molecule has 0 fully saturated rings. The van der Waals surface area contributed by atoms with Crippen LogP contribution in [-0.2, 0) is 16.0 Å². The van der Waals surface area contributed by atoms with E-state index in [1.165, 1.54) is 18.4 Å². The van der Waals surface area contributed by atoms with Gasteiger partial charge in [-0.05, 0) is 24.8 Å². The summed E-state index contributed by atoms with van der Waals surface area (Å²) in [6.07, 6.45) is 7.08. The molecule has 0 N–H and O–H groups in total. The van der Waals surface area contributed by atoms with Crippen LogP contribution in [0.25, 0.3) is 0 Å². The first kappa shape index (κ1) is 15.5. The lowest BCUT2D eigenvalue weighted by Gasteiger charge is -2.13. The Morgan fingerprint density at radius 1 is 1.32 bits per heavy atom. The molecule has 0 saturated heterocycles.